The zero-order chi connectivity index (χ0) is 16.1. The number of carbonyl (C=O) groups excluding carboxylic acids is 2. The lowest BCUT2D eigenvalue weighted by Gasteiger charge is -2.28. The fraction of sp³-hybridized carbons (Fsp3) is 0.375. The van der Waals surface area contributed by atoms with E-state index in [-0.39, 0.29) is 6.03 Å². The third kappa shape index (κ3) is 3.39. The summed E-state index contributed by atoms with van der Waals surface area (Å²) in [6, 6.07) is 6.33. The second-order valence-corrected chi connectivity index (χ2v) is 4.98. The first kappa shape index (κ1) is 15.9. The van der Waals surface area contributed by atoms with Crippen LogP contribution in [0.25, 0.3) is 0 Å². The molecule has 2 amide bonds. The van der Waals surface area contributed by atoms with Crippen LogP contribution >= 0.6 is 0 Å². The minimum atomic E-state index is -0.562. The molecule has 0 unspecified atom stereocenters. The molecular formula is C16H20N2O4. The molecule has 0 saturated heterocycles. The molecule has 118 valence electrons. The molecule has 0 aliphatic carbocycles. The highest BCUT2D eigenvalue weighted by molar-refractivity contribution is 5.95. The molecule has 22 heavy (non-hydrogen) atoms. The van der Waals surface area contributed by atoms with Gasteiger partial charge in [0, 0.05) is 5.70 Å². The van der Waals surface area contributed by atoms with Gasteiger partial charge in [-0.15, -0.1) is 0 Å². The van der Waals surface area contributed by atoms with Crippen LogP contribution in [-0.2, 0) is 9.53 Å². The van der Waals surface area contributed by atoms with Crippen LogP contribution in [0.5, 0.6) is 5.75 Å². The van der Waals surface area contributed by atoms with E-state index in [0.717, 1.165) is 12.0 Å². The average Bonchev–Trinajstić information content (AvgIpc) is 2.51. The SMILES string of the molecule is CCCOC(=O)C1=C(C)NC(=O)N[C@H]1c1cccc(OC)c1. The van der Waals surface area contributed by atoms with Gasteiger partial charge < -0.3 is 20.1 Å². The normalized spacial score (nSPS) is 17.6. The van der Waals surface area contributed by atoms with E-state index in [1.807, 2.05) is 19.1 Å². The average molecular weight is 304 g/mol. The Morgan fingerprint density at radius 2 is 2.14 bits per heavy atom. The van der Waals surface area contributed by atoms with Gasteiger partial charge in [0.15, 0.2) is 0 Å². The van der Waals surface area contributed by atoms with Crippen molar-refractivity contribution in [3.63, 3.8) is 0 Å². The first-order valence-corrected chi connectivity index (χ1v) is 7.16. The van der Waals surface area contributed by atoms with Crippen molar-refractivity contribution in [2.75, 3.05) is 13.7 Å². The molecule has 6 nitrogen and oxygen atoms in total. The number of nitrogens with one attached hydrogen (secondary N) is 2. The van der Waals surface area contributed by atoms with E-state index in [4.69, 9.17) is 9.47 Å². The van der Waals surface area contributed by atoms with Gasteiger partial charge in [-0.1, -0.05) is 19.1 Å². The van der Waals surface area contributed by atoms with Gasteiger partial charge >= 0.3 is 12.0 Å². The van der Waals surface area contributed by atoms with Gasteiger partial charge in [-0.05, 0) is 31.0 Å². The fourth-order valence-corrected chi connectivity index (χ4v) is 2.31. The molecule has 1 heterocycles. The Bertz CT molecular complexity index is 610. The van der Waals surface area contributed by atoms with E-state index in [1.54, 1.807) is 26.2 Å². The fourth-order valence-electron chi connectivity index (χ4n) is 2.31. The number of esters is 1. The zero-order valence-corrected chi connectivity index (χ0v) is 12.9. The lowest BCUT2D eigenvalue weighted by molar-refractivity contribution is -0.139. The summed E-state index contributed by atoms with van der Waals surface area (Å²) in [6.45, 7) is 3.96. The number of hydrogen-bond acceptors (Lipinski definition) is 4. The van der Waals surface area contributed by atoms with Crippen LogP contribution in [0.15, 0.2) is 35.5 Å². The minimum absolute atomic E-state index is 0.342. The van der Waals surface area contributed by atoms with Crippen LogP contribution in [0.1, 0.15) is 31.9 Å². The molecule has 0 saturated carbocycles. The van der Waals surface area contributed by atoms with Crippen LogP contribution in [0, 0.1) is 0 Å². The molecule has 0 fully saturated rings. The molecule has 0 aromatic heterocycles. The second-order valence-electron chi connectivity index (χ2n) is 4.98. The van der Waals surface area contributed by atoms with Gasteiger partial charge in [0.25, 0.3) is 0 Å². The third-order valence-corrected chi connectivity index (χ3v) is 3.35. The number of benzene rings is 1. The molecule has 1 aromatic carbocycles. The topological polar surface area (TPSA) is 76.7 Å². The van der Waals surface area contributed by atoms with Crippen LogP contribution in [0.3, 0.4) is 0 Å². The van der Waals surface area contributed by atoms with Crippen molar-refractivity contribution in [2.45, 2.75) is 26.3 Å². The number of urea groups is 1. The molecule has 1 atom stereocenters. The van der Waals surface area contributed by atoms with E-state index in [1.165, 1.54) is 0 Å². The van der Waals surface area contributed by atoms with Crippen LogP contribution in [-0.4, -0.2) is 25.7 Å². The summed E-state index contributed by atoms with van der Waals surface area (Å²) in [4.78, 5) is 24.1. The van der Waals surface area contributed by atoms with Crippen LogP contribution < -0.4 is 15.4 Å². The standard InChI is InChI=1S/C16H20N2O4/c1-4-8-22-15(19)13-10(2)17-16(20)18-14(13)11-6-5-7-12(9-11)21-3/h5-7,9,14H,4,8H2,1-3H3,(H2,17,18,20)/t14-/m0/s1. The Hall–Kier alpha value is -2.50. The molecule has 2 rings (SSSR count). The Morgan fingerprint density at radius 3 is 2.82 bits per heavy atom. The number of ether oxygens (including phenoxy) is 2. The Kier molecular flexibility index (Phi) is 5.04. The quantitative estimate of drug-likeness (QED) is 0.818. The molecule has 0 bridgehead atoms. The Labute approximate surface area is 129 Å². The number of allylic oxidation sites excluding steroid dienone is 1. The van der Waals surface area contributed by atoms with E-state index >= 15 is 0 Å². The van der Waals surface area contributed by atoms with Gasteiger partial charge in [0.05, 0.1) is 25.3 Å². The third-order valence-electron chi connectivity index (χ3n) is 3.35. The number of rotatable bonds is 5. The highest BCUT2D eigenvalue weighted by atomic mass is 16.5. The predicted molar refractivity (Wildman–Crippen MR) is 81.4 cm³/mol. The van der Waals surface area contributed by atoms with Gasteiger partial charge in [-0.25, -0.2) is 9.59 Å². The van der Waals surface area contributed by atoms with E-state index in [0.29, 0.717) is 23.6 Å². The van der Waals surface area contributed by atoms with Crippen molar-refractivity contribution < 1.29 is 19.1 Å². The van der Waals surface area contributed by atoms with Crippen molar-refractivity contribution >= 4 is 12.0 Å². The van der Waals surface area contributed by atoms with Gasteiger partial charge in [0.2, 0.25) is 0 Å². The van der Waals surface area contributed by atoms with Crippen molar-refractivity contribution in [3.8, 4) is 5.75 Å². The smallest absolute Gasteiger partial charge is 0.338 e. The molecule has 0 spiro atoms. The number of carbonyl (C=O) groups is 2. The summed E-state index contributed by atoms with van der Waals surface area (Å²) in [7, 11) is 1.57. The minimum Gasteiger partial charge on any atom is -0.497 e. The molecule has 0 radical (unpaired) electrons. The summed E-state index contributed by atoms with van der Waals surface area (Å²) >= 11 is 0. The van der Waals surface area contributed by atoms with Gasteiger partial charge in [0.1, 0.15) is 5.75 Å². The summed E-state index contributed by atoms with van der Waals surface area (Å²) in [6.07, 6.45) is 0.738. The zero-order valence-electron chi connectivity index (χ0n) is 12.9. The molecule has 2 N–H and O–H groups in total. The molecule has 6 heteroatoms. The summed E-state index contributed by atoms with van der Waals surface area (Å²) in [5.41, 5.74) is 1.66. The largest absolute Gasteiger partial charge is 0.497 e. The summed E-state index contributed by atoms with van der Waals surface area (Å²) < 4.78 is 10.4. The maximum atomic E-state index is 12.3. The maximum Gasteiger partial charge on any atom is 0.338 e. The predicted octanol–water partition coefficient (Wildman–Crippen LogP) is 2.28. The first-order chi connectivity index (χ1) is 10.6. The molecule has 1 aliphatic rings. The van der Waals surface area contributed by atoms with E-state index in [9.17, 15) is 9.59 Å². The number of amides is 2. The number of methoxy groups -OCH3 is 1. The highest BCUT2D eigenvalue weighted by Crippen LogP contribution is 2.29. The second kappa shape index (κ2) is 6.98. The molecular weight excluding hydrogens is 284 g/mol. The first-order valence-electron chi connectivity index (χ1n) is 7.16. The molecule has 1 aliphatic heterocycles. The Balaban J connectivity index is 2.38. The van der Waals surface area contributed by atoms with Gasteiger partial charge in [-0.2, -0.15) is 0 Å². The van der Waals surface area contributed by atoms with E-state index in [2.05, 4.69) is 10.6 Å². The Morgan fingerprint density at radius 1 is 1.36 bits per heavy atom. The van der Waals surface area contributed by atoms with Gasteiger partial charge in [-0.3, -0.25) is 0 Å². The lowest BCUT2D eigenvalue weighted by atomic mass is 9.95. The van der Waals surface area contributed by atoms with Crippen LogP contribution in [0.4, 0.5) is 4.79 Å². The highest BCUT2D eigenvalue weighted by Gasteiger charge is 2.32. The van der Waals surface area contributed by atoms with E-state index < -0.39 is 12.0 Å². The summed E-state index contributed by atoms with van der Waals surface area (Å²) in [5.74, 6) is 0.226. The van der Waals surface area contributed by atoms with Crippen molar-refractivity contribution in [1.29, 1.82) is 0 Å². The van der Waals surface area contributed by atoms with Crippen molar-refractivity contribution in [2.24, 2.45) is 0 Å². The molecule has 1 aromatic rings. The maximum absolute atomic E-state index is 12.3. The van der Waals surface area contributed by atoms with Crippen molar-refractivity contribution in [3.05, 3.63) is 41.1 Å². The monoisotopic (exact) mass is 304 g/mol. The summed E-state index contributed by atoms with van der Waals surface area (Å²) in [5, 5.41) is 5.37. The number of hydrogen-bond donors (Lipinski definition) is 2. The lowest BCUT2D eigenvalue weighted by Crippen LogP contribution is -2.45. The van der Waals surface area contributed by atoms with Crippen LogP contribution in [0.2, 0.25) is 0 Å². The van der Waals surface area contributed by atoms with Crippen molar-refractivity contribution in [1.82, 2.24) is 10.6 Å².